The molecule has 2 atom stereocenters. The Kier molecular flexibility index (Phi) is 5.02. The molecule has 7 heteroatoms. The van der Waals surface area contributed by atoms with E-state index in [2.05, 4.69) is 0 Å². The van der Waals surface area contributed by atoms with Gasteiger partial charge in [-0.05, 0) is 46.0 Å². The highest BCUT2D eigenvalue weighted by Crippen LogP contribution is 2.29. The van der Waals surface area contributed by atoms with E-state index in [1.165, 1.54) is 0 Å². The van der Waals surface area contributed by atoms with Crippen LogP contribution < -0.4 is 0 Å². The minimum atomic E-state index is -4.83. The molecule has 0 spiro atoms. The van der Waals surface area contributed by atoms with Gasteiger partial charge >= 0.3 is 12.1 Å². The summed E-state index contributed by atoms with van der Waals surface area (Å²) in [6, 6.07) is 0.372. The zero-order chi connectivity index (χ0) is 16.5. The third-order valence-corrected chi connectivity index (χ3v) is 4.82. The maximum atomic E-state index is 12.6. The van der Waals surface area contributed by atoms with Crippen LogP contribution in [-0.4, -0.2) is 53.0 Å². The summed E-state index contributed by atoms with van der Waals surface area (Å²) in [5.41, 5.74) is 0. The van der Waals surface area contributed by atoms with Crippen LogP contribution in [0.4, 0.5) is 13.2 Å². The SMILES string of the molecule is CC1CCCC(C)N1C(=O)C1CCN(C(=O)C(F)(F)F)CC1. The standard InChI is InChI=1S/C15H23F3N2O2/c1-10-4-3-5-11(2)20(10)13(21)12-6-8-19(9-7-12)14(22)15(16,17)18/h10-12H,3-9H2,1-2H3. The fourth-order valence-electron chi connectivity index (χ4n) is 3.58. The van der Waals surface area contributed by atoms with Gasteiger partial charge in [0, 0.05) is 31.1 Å². The average molecular weight is 320 g/mol. The molecular formula is C15H23F3N2O2. The Balaban J connectivity index is 1.94. The molecule has 0 saturated carbocycles. The highest BCUT2D eigenvalue weighted by Gasteiger charge is 2.44. The predicted molar refractivity (Wildman–Crippen MR) is 75.0 cm³/mol. The zero-order valence-electron chi connectivity index (χ0n) is 13.0. The third kappa shape index (κ3) is 3.55. The molecule has 0 aromatic rings. The lowest BCUT2D eigenvalue weighted by molar-refractivity contribution is -0.187. The van der Waals surface area contributed by atoms with Crippen molar-refractivity contribution in [3.8, 4) is 0 Å². The Hall–Kier alpha value is -1.27. The molecule has 2 aliphatic heterocycles. The molecule has 2 unspecified atom stereocenters. The molecule has 4 nitrogen and oxygen atoms in total. The summed E-state index contributed by atoms with van der Waals surface area (Å²) < 4.78 is 37.2. The van der Waals surface area contributed by atoms with Gasteiger partial charge in [0.2, 0.25) is 5.91 Å². The highest BCUT2D eigenvalue weighted by molar-refractivity contribution is 5.83. The van der Waals surface area contributed by atoms with Gasteiger partial charge in [-0.15, -0.1) is 0 Å². The van der Waals surface area contributed by atoms with Crippen LogP contribution in [0, 0.1) is 5.92 Å². The summed E-state index contributed by atoms with van der Waals surface area (Å²) in [5, 5.41) is 0. The van der Waals surface area contributed by atoms with Gasteiger partial charge in [-0.25, -0.2) is 0 Å². The van der Waals surface area contributed by atoms with Crippen LogP contribution in [0.2, 0.25) is 0 Å². The molecule has 2 heterocycles. The van der Waals surface area contributed by atoms with Gasteiger partial charge in [-0.2, -0.15) is 13.2 Å². The number of carbonyl (C=O) groups excluding carboxylic acids is 2. The van der Waals surface area contributed by atoms with E-state index in [0.717, 1.165) is 24.2 Å². The van der Waals surface area contributed by atoms with E-state index in [4.69, 9.17) is 0 Å². The molecule has 22 heavy (non-hydrogen) atoms. The lowest BCUT2D eigenvalue weighted by Crippen LogP contribution is -2.52. The maximum Gasteiger partial charge on any atom is 0.471 e. The van der Waals surface area contributed by atoms with Crippen molar-refractivity contribution in [3.63, 3.8) is 0 Å². The first-order valence-electron chi connectivity index (χ1n) is 7.90. The van der Waals surface area contributed by atoms with Crippen LogP contribution in [-0.2, 0) is 9.59 Å². The Morgan fingerprint density at radius 1 is 0.955 bits per heavy atom. The molecule has 0 radical (unpaired) electrons. The van der Waals surface area contributed by atoms with E-state index in [9.17, 15) is 22.8 Å². The lowest BCUT2D eigenvalue weighted by Gasteiger charge is -2.42. The van der Waals surface area contributed by atoms with Crippen molar-refractivity contribution in [2.45, 2.75) is 64.2 Å². The fourth-order valence-corrected chi connectivity index (χ4v) is 3.58. The Bertz CT molecular complexity index is 421. The highest BCUT2D eigenvalue weighted by atomic mass is 19.4. The number of carbonyl (C=O) groups is 2. The van der Waals surface area contributed by atoms with Crippen molar-refractivity contribution in [3.05, 3.63) is 0 Å². The van der Waals surface area contributed by atoms with Crippen LogP contribution in [0.3, 0.4) is 0 Å². The molecule has 2 rings (SSSR count). The average Bonchev–Trinajstić information content (AvgIpc) is 2.45. The number of nitrogens with zero attached hydrogens (tertiary/aromatic N) is 2. The first kappa shape index (κ1) is 17.1. The van der Waals surface area contributed by atoms with Crippen LogP contribution >= 0.6 is 0 Å². The van der Waals surface area contributed by atoms with E-state index in [0.29, 0.717) is 12.8 Å². The Morgan fingerprint density at radius 3 is 1.91 bits per heavy atom. The molecule has 2 amide bonds. The van der Waals surface area contributed by atoms with E-state index in [1.54, 1.807) is 0 Å². The van der Waals surface area contributed by atoms with Crippen molar-refractivity contribution < 1.29 is 22.8 Å². The normalized spacial score (nSPS) is 27.9. The smallest absolute Gasteiger partial charge is 0.337 e. The Labute approximate surface area is 128 Å². The molecule has 0 N–H and O–H groups in total. The van der Waals surface area contributed by atoms with E-state index in [-0.39, 0.29) is 37.0 Å². The first-order valence-corrected chi connectivity index (χ1v) is 7.90. The summed E-state index contributed by atoms with van der Waals surface area (Å²) in [7, 11) is 0. The van der Waals surface area contributed by atoms with Crippen molar-refractivity contribution in [2.75, 3.05) is 13.1 Å². The van der Waals surface area contributed by atoms with Crippen molar-refractivity contribution in [1.29, 1.82) is 0 Å². The van der Waals surface area contributed by atoms with Crippen LogP contribution in [0.25, 0.3) is 0 Å². The summed E-state index contributed by atoms with van der Waals surface area (Å²) in [4.78, 5) is 26.6. The van der Waals surface area contributed by atoms with Gasteiger partial charge in [0.05, 0.1) is 0 Å². The molecule has 0 aromatic heterocycles. The molecule has 0 aromatic carbocycles. The summed E-state index contributed by atoms with van der Waals surface area (Å²) in [5.74, 6) is -2.02. The minimum Gasteiger partial charge on any atom is -0.337 e. The second kappa shape index (κ2) is 6.46. The van der Waals surface area contributed by atoms with Gasteiger partial charge in [-0.3, -0.25) is 9.59 Å². The summed E-state index contributed by atoms with van der Waals surface area (Å²) in [6.07, 6.45) is -1.15. The number of rotatable bonds is 1. The number of halogens is 3. The number of hydrogen-bond donors (Lipinski definition) is 0. The van der Waals surface area contributed by atoms with Crippen LogP contribution in [0.5, 0.6) is 0 Å². The lowest BCUT2D eigenvalue weighted by atomic mass is 9.90. The van der Waals surface area contributed by atoms with Gasteiger partial charge < -0.3 is 9.80 Å². The third-order valence-electron chi connectivity index (χ3n) is 4.82. The van der Waals surface area contributed by atoms with Crippen molar-refractivity contribution in [1.82, 2.24) is 9.80 Å². The largest absolute Gasteiger partial charge is 0.471 e. The van der Waals surface area contributed by atoms with Crippen molar-refractivity contribution >= 4 is 11.8 Å². The monoisotopic (exact) mass is 320 g/mol. The van der Waals surface area contributed by atoms with E-state index >= 15 is 0 Å². The van der Waals surface area contributed by atoms with Gasteiger partial charge in [-0.1, -0.05) is 0 Å². The zero-order valence-corrected chi connectivity index (χ0v) is 13.0. The molecule has 0 aliphatic carbocycles. The summed E-state index contributed by atoms with van der Waals surface area (Å²) in [6.45, 7) is 4.06. The van der Waals surface area contributed by atoms with E-state index in [1.807, 2.05) is 18.7 Å². The number of piperidine rings is 2. The molecule has 2 aliphatic rings. The first-order chi connectivity index (χ1) is 10.2. The summed E-state index contributed by atoms with van der Waals surface area (Å²) >= 11 is 0. The number of likely N-dealkylation sites (tertiary alicyclic amines) is 2. The molecule has 0 bridgehead atoms. The van der Waals surface area contributed by atoms with Crippen LogP contribution in [0.1, 0.15) is 46.0 Å². The molecular weight excluding hydrogens is 297 g/mol. The Morgan fingerprint density at radius 2 is 1.45 bits per heavy atom. The van der Waals surface area contributed by atoms with Gasteiger partial charge in [0.1, 0.15) is 0 Å². The van der Waals surface area contributed by atoms with Crippen molar-refractivity contribution in [2.24, 2.45) is 5.92 Å². The molecule has 2 fully saturated rings. The maximum absolute atomic E-state index is 12.6. The number of hydrogen-bond acceptors (Lipinski definition) is 2. The number of amides is 2. The fraction of sp³-hybridized carbons (Fsp3) is 0.867. The second-order valence-corrected chi connectivity index (χ2v) is 6.44. The second-order valence-electron chi connectivity index (χ2n) is 6.44. The van der Waals surface area contributed by atoms with Gasteiger partial charge in [0.25, 0.3) is 0 Å². The van der Waals surface area contributed by atoms with Gasteiger partial charge in [0.15, 0.2) is 0 Å². The van der Waals surface area contributed by atoms with Crippen LogP contribution in [0.15, 0.2) is 0 Å². The number of alkyl halides is 3. The molecule has 2 saturated heterocycles. The predicted octanol–water partition coefficient (Wildman–Crippen LogP) is 2.58. The van der Waals surface area contributed by atoms with E-state index < -0.39 is 12.1 Å². The minimum absolute atomic E-state index is 0.00531. The molecule has 126 valence electrons. The quantitative estimate of drug-likeness (QED) is 0.745. The topological polar surface area (TPSA) is 40.6 Å².